The predicted molar refractivity (Wildman–Crippen MR) is 113 cm³/mol. The van der Waals surface area contributed by atoms with E-state index in [4.69, 9.17) is 11.6 Å². The largest absolute Gasteiger partial charge is 0.354 e. The van der Waals surface area contributed by atoms with Gasteiger partial charge in [0, 0.05) is 55.7 Å². The van der Waals surface area contributed by atoms with Gasteiger partial charge in [0.05, 0.1) is 5.75 Å². The molecule has 1 amide bonds. The van der Waals surface area contributed by atoms with Gasteiger partial charge in [0.15, 0.2) is 0 Å². The molecule has 1 N–H and O–H groups in total. The summed E-state index contributed by atoms with van der Waals surface area (Å²) in [5.74, 6) is 0.518. The van der Waals surface area contributed by atoms with Crippen molar-refractivity contribution in [2.45, 2.75) is 11.4 Å². The van der Waals surface area contributed by atoms with Gasteiger partial charge in [0.1, 0.15) is 0 Å². The number of carbonyl (C=O) groups is 1. The number of carbonyl (C=O) groups excluding carboxylic acids is 1. The first-order chi connectivity index (χ1) is 13.2. The minimum Gasteiger partial charge on any atom is -0.354 e. The molecule has 4 nitrogen and oxygen atoms in total. The van der Waals surface area contributed by atoms with Crippen molar-refractivity contribution in [2.24, 2.45) is 0 Å². The minimum atomic E-state index is 0.0812. The first-order valence-electron chi connectivity index (χ1n) is 9.33. The molecule has 1 aliphatic heterocycles. The van der Waals surface area contributed by atoms with Crippen LogP contribution in [-0.2, 0) is 11.3 Å². The molecule has 0 atom stereocenters. The van der Waals surface area contributed by atoms with Gasteiger partial charge in [-0.2, -0.15) is 0 Å². The van der Waals surface area contributed by atoms with Gasteiger partial charge in [0.25, 0.3) is 0 Å². The zero-order chi connectivity index (χ0) is 18.9. The predicted octanol–water partition coefficient (Wildman–Crippen LogP) is 3.37. The number of benzene rings is 2. The van der Waals surface area contributed by atoms with Crippen LogP contribution in [0.15, 0.2) is 59.5 Å². The smallest absolute Gasteiger partial charge is 0.230 e. The van der Waals surface area contributed by atoms with E-state index in [2.05, 4.69) is 45.4 Å². The summed E-state index contributed by atoms with van der Waals surface area (Å²) in [6, 6.07) is 18.2. The lowest BCUT2D eigenvalue weighted by atomic mass is 10.2. The molecule has 0 aromatic heterocycles. The molecule has 1 heterocycles. The van der Waals surface area contributed by atoms with Crippen molar-refractivity contribution < 1.29 is 4.79 Å². The number of piperazine rings is 1. The van der Waals surface area contributed by atoms with Gasteiger partial charge >= 0.3 is 0 Å². The average molecular weight is 404 g/mol. The van der Waals surface area contributed by atoms with Crippen molar-refractivity contribution in [1.29, 1.82) is 0 Å². The molecule has 144 valence electrons. The van der Waals surface area contributed by atoms with Crippen LogP contribution in [0.4, 0.5) is 0 Å². The SMILES string of the molecule is O=C(CSc1ccc(Cl)cc1)NCCN1CCN(Cc2ccccc2)CC1. The average Bonchev–Trinajstić information content (AvgIpc) is 2.70. The highest BCUT2D eigenvalue weighted by molar-refractivity contribution is 8.00. The highest BCUT2D eigenvalue weighted by Gasteiger charge is 2.16. The van der Waals surface area contributed by atoms with Crippen LogP contribution in [-0.4, -0.2) is 60.7 Å². The summed E-state index contributed by atoms with van der Waals surface area (Å²) in [4.78, 5) is 18.0. The van der Waals surface area contributed by atoms with E-state index in [0.717, 1.165) is 44.2 Å². The van der Waals surface area contributed by atoms with Gasteiger partial charge in [-0.1, -0.05) is 41.9 Å². The molecule has 0 spiro atoms. The number of nitrogens with zero attached hydrogens (tertiary/aromatic N) is 2. The molecule has 1 aliphatic rings. The number of halogens is 1. The van der Waals surface area contributed by atoms with Gasteiger partial charge in [-0.05, 0) is 29.8 Å². The first-order valence-corrected chi connectivity index (χ1v) is 10.7. The third kappa shape index (κ3) is 7.18. The molecule has 0 unspecified atom stereocenters. The molecule has 0 aliphatic carbocycles. The number of hydrogen-bond acceptors (Lipinski definition) is 4. The lowest BCUT2D eigenvalue weighted by Gasteiger charge is -2.34. The maximum absolute atomic E-state index is 12.0. The fourth-order valence-corrected chi connectivity index (χ4v) is 3.95. The Kier molecular flexibility index (Phi) is 8.02. The second-order valence-electron chi connectivity index (χ2n) is 6.70. The molecule has 2 aromatic rings. The van der Waals surface area contributed by atoms with Crippen molar-refractivity contribution in [2.75, 3.05) is 45.0 Å². The van der Waals surface area contributed by atoms with Gasteiger partial charge in [-0.3, -0.25) is 14.6 Å². The molecular weight excluding hydrogens is 378 g/mol. The summed E-state index contributed by atoms with van der Waals surface area (Å²) in [7, 11) is 0. The Morgan fingerprint density at radius 3 is 2.33 bits per heavy atom. The normalized spacial score (nSPS) is 15.6. The summed E-state index contributed by atoms with van der Waals surface area (Å²) in [6.07, 6.45) is 0. The van der Waals surface area contributed by atoms with Crippen LogP contribution in [0, 0.1) is 0 Å². The topological polar surface area (TPSA) is 35.6 Å². The van der Waals surface area contributed by atoms with E-state index in [9.17, 15) is 4.79 Å². The molecule has 27 heavy (non-hydrogen) atoms. The zero-order valence-electron chi connectivity index (χ0n) is 15.4. The second-order valence-corrected chi connectivity index (χ2v) is 8.18. The molecule has 1 fully saturated rings. The van der Waals surface area contributed by atoms with E-state index in [1.54, 1.807) is 0 Å². The molecule has 6 heteroatoms. The number of nitrogens with one attached hydrogen (secondary N) is 1. The summed E-state index contributed by atoms with van der Waals surface area (Å²) in [6.45, 7) is 6.91. The molecule has 3 rings (SSSR count). The molecule has 0 bridgehead atoms. The van der Waals surface area contributed by atoms with Crippen molar-refractivity contribution >= 4 is 29.3 Å². The van der Waals surface area contributed by atoms with E-state index >= 15 is 0 Å². The fourth-order valence-electron chi connectivity index (χ4n) is 3.10. The van der Waals surface area contributed by atoms with Crippen LogP contribution in [0.5, 0.6) is 0 Å². The van der Waals surface area contributed by atoms with Crippen LogP contribution in [0.2, 0.25) is 5.02 Å². The first kappa shape index (κ1) is 20.2. The van der Waals surface area contributed by atoms with Crippen LogP contribution in [0.25, 0.3) is 0 Å². The second kappa shape index (κ2) is 10.7. The third-order valence-electron chi connectivity index (χ3n) is 4.65. The summed E-state index contributed by atoms with van der Waals surface area (Å²) in [5, 5.41) is 3.74. The maximum atomic E-state index is 12.0. The van der Waals surface area contributed by atoms with E-state index < -0.39 is 0 Å². The number of hydrogen-bond donors (Lipinski definition) is 1. The monoisotopic (exact) mass is 403 g/mol. The minimum absolute atomic E-state index is 0.0812. The summed E-state index contributed by atoms with van der Waals surface area (Å²) >= 11 is 7.40. The van der Waals surface area contributed by atoms with Crippen molar-refractivity contribution in [1.82, 2.24) is 15.1 Å². The van der Waals surface area contributed by atoms with Crippen molar-refractivity contribution in [3.05, 3.63) is 65.2 Å². The fraction of sp³-hybridized carbons (Fsp3) is 0.381. The van der Waals surface area contributed by atoms with Gasteiger partial charge < -0.3 is 5.32 Å². The lowest BCUT2D eigenvalue weighted by molar-refractivity contribution is -0.118. The van der Waals surface area contributed by atoms with Crippen LogP contribution >= 0.6 is 23.4 Å². The van der Waals surface area contributed by atoms with Crippen molar-refractivity contribution in [3.8, 4) is 0 Å². The van der Waals surface area contributed by atoms with E-state index in [1.165, 1.54) is 17.3 Å². The molecule has 0 radical (unpaired) electrons. The Bertz CT molecular complexity index is 703. The molecule has 2 aromatic carbocycles. The van der Waals surface area contributed by atoms with Gasteiger partial charge in [-0.15, -0.1) is 11.8 Å². The van der Waals surface area contributed by atoms with E-state index in [-0.39, 0.29) is 5.91 Å². The Balaban J connectivity index is 1.27. The molecular formula is C21H26ClN3OS. The van der Waals surface area contributed by atoms with E-state index in [0.29, 0.717) is 17.3 Å². The van der Waals surface area contributed by atoms with Crippen molar-refractivity contribution in [3.63, 3.8) is 0 Å². The van der Waals surface area contributed by atoms with Gasteiger partial charge in [-0.25, -0.2) is 0 Å². The molecule has 0 saturated carbocycles. The Morgan fingerprint density at radius 1 is 0.963 bits per heavy atom. The third-order valence-corrected chi connectivity index (χ3v) is 5.91. The Hall–Kier alpha value is -1.53. The van der Waals surface area contributed by atoms with Gasteiger partial charge in [0.2, 0.25) is 5.91 Å². The maximum Gasteiger partial charge on any atom is 0.230 e. The highest BCUT2D eigenvalue weighted by atomic mass is 35.5. The number of thioether (sulfide) groups is 1. The lowest BCUT2D eigenvalue weighted by Crippen LogP contribution is -2.48. The number of rotatable bonds is 8. The van der Waals surface area contributed by atoms with Crippen LogP contribution < -0.4 is 5.32 Å². The van der Waals surface area contributed by atoms with Crippen LogP contribution in [0.3, 0.4) is 0 Å². The van der Waals surface area contributed by atoms with E-state index in [1.807, 2.05) is 24.3 Å². The molecule has 1 saturated heterocycles. The zero-order valence-corrected chi connectivity index (χ0v) is 17.0. The standard InChI is InChI=1S/C21H26ClN3OS/c22-19-6-8-20(9-7-19)27-17-21(26)23-10-11-24-12-14-25(15-13-24)16-18-4-2-1-3-5-18/h1-9H,10-17H2,(H,23,26). The summed E-state index contributed by atoms with van der Waals surface area (Å²) in [5.41, 5.74) is 1.37. The quantitative estimate of drug-likeness (QED) is 0.685. The number of amides is 1. The Labute approximate surface area is 170 Å². The Morgan fingerprint density at radius 2 is 1.63 bits per heavy atom. The highest BCUT2D eigenvalue weighted by Crippen LogP contribution is 2.19. The van der Waals surface area contributed by atoms with Crippen LogP contribution in [0.1, 0.15) is 5.56 Å². The summed E-state index contributed by atoms with van der Waals surface area (Å²) < 4.78 is 0.